The highest BCUT2D eigenvalue weighted by molar-refractivity contribution is 5.61. The number of allylic oxidation sites excluding steroid dienone is 2. The number of carbonyl (C=O) groups excluding carboxylic acids is 1. The maximum Gasteiger partial charge on any atom is 0.207 e. The van der Waals surface area contributed by atoms with Crippen molar-refractivity contribution >= 4 is 12.1 Å². The second kappa shape index (κ2) is 13.5. The fourth-order valence-electron chi connectivity index (χ4n) is 4.74. The van der Waals surface area contributed by atoms with E-state index in [1.54, 1.807) is 0 Å². The van der Waals surface area contributed by atoms with Gasteiger partial charge in [-0.05, 0) is 48.6 Å². The zero-order valence-corrected chi connectivity index (χ0v) is 19.6. The van der Waals surface area contributed by atoms with E-state index in [4.69, 9.17) is 0 Å². The summed E-state index contributed by atoms with van der Waals surface area (Å²) in [4.78, 5) is 10.8. The molecule has 0 bridgehead atoms. The molecule has 3 nitrogen and oxygen atoms in total. The van der Waals surface area contributed by atoms with E-state index in [1.165, 1.54) is 81.2 Å². The molecule has 168 valence electrons. The summed E-state index contributed by atoms with van der Waals surface area (Å²) in [6.07, 6.45) is 18.4. The molecule has 3 heteroatoms. The van der Waals surface area contributed by atoms with Gasteiger partial charge in [0.1, 0.15) is 0 Å². The van der Waals surface area contributed by atoms with Crippen molar-refractivity contribution in [3.8, 4) is 0 Å². The lowest BCUT2D eigenvalue weighted by atomic mass is 9.77. The molecular formula is C27H44N2O. The fourth-order valence-corrected chi connectivity index (χ4v) is 4.74. The third-order valence-electron chi connectivity index (χ3n) is 6.45. The van der Waals surface area contributed by atoms with Crippen molar-refractivity contribution in [2.24, 2.45) is 11.3 Å². The van der Waals surface area contributed by atoms with Crippen LogP contribution in [0.25, 0.3) is 0 Å². The number of fused-ring (bicyclic) bond motifs is 1. The Kier molecular flexibility index (Phi) is 11.0. The van der Waals surface area contributed by atoms with Gasteiger partial charge in [-0.2, -0.15) is 0 Å². The number of amides is 1. The Bertz CT molecular complexity index is 623. The third-order valence-corrected chi connectivity index (χ3v) is 6.45. The van der Waals surface area contributed by atoms with Crippen LogP contribution >= 0.6 is 0 Å². The van der Waals surface area contributed by atoms with Crippen molar-refractivity contribution in [2.45, 2.75) is 97.8 Å². The van der Waals surface area contributed by atoms with Gasteiger partial charge in [0.15, 0.2) is 0 Å². The van der Waals surface area contributed by atoms with E-state index < -0.39 is 0 Å². The minimum Gasteiger partial charge on any atom is -0.359 e. The number of benzene rings is 1. The summed E-state index contributed by atoms with van der Waals surface area (Å²) in [7, 11) is 0. The van der Waals surface area contributed by atoms with Crippen LogP contribution in [0.1, 0.15) is 97.0 Å². The summed E-state index contributed by atoms with van der Waals surface area (Å²) in [5.74, 6) is 0.586. The molecule has 0 radical (unpaired) electrons. The Hall–Kier alpha value is -1.77. The van der Waals surface area contributed by atoms with Gasteiger partial charge in [0, 0.05) is 24.4 Å². The van der Waals surface area contributed by atoms with Crippen LogP contribution in [0, 0.1) is 11.3 Å². The first kappa shape index (κ1) is 24.5. The average Bonchev–Trinajstić information content (AvgIpc) is 3.13. The summed E-state index contributed by atoms with van der Waals surface area (Å²) in [6, 6.07) is 8.58. The molecule has 2 N–H and O–H groups in total. The molecule has 1 aromatic rings. The van der Waals surface area contributed by atoms with Crippen molar-refractivity contribution in [1.82, 2.24) is 5.32 Å². The number of anilines is 1. The largest absolute Gasteiger partial charge is 0.359 e. The second-order valence-corrected chi connectivity index (χ2v) is 9.90. The standard InChI is InChI=1S/C27H44N2O/c1-4-5-6-7-8-9-10-14-23(21-28-22-30)20-27(2,3)18-13-16-25-19-24-15-11-12-17-26(24)29-25/h11-12,15-17,22-23,29H,4-10,13-14,18-21H2,1-3H3,(H,28,30). The molecule has 1 aromatic carbocycles. The Morgan fingerprint density at radius 1 is 1.10 bits per heavy atom. The molecule has 30 heavy (non-hydrogen) atoms. The van der Waals surface area contributed by atoms with Gasteiger partial charge in [-0.3, -0.25) is 4.79 Å². The molecule has 2 rings (SSSR count). The summed E-state index contributed by atoms with van der Waals surface area (Å²) in [5, 5.41) is 6.50. The Labute approximate surface area is 185 Å². The monoisotopic (exact) mass is 412 g/mol. The quantitative estimate of drug-likeness (QED) is 0.222. The Morgan fingerprint density at radius 3 is 2.57 bits per heavy atom. The predicted octanol–water partition coefficient (Wildman–Crippen LogP) is 7.24. The van der Waals surface area contributed by atoms with Crippen LogP contribution in [-0.2, 0) is 11.2 Å². The van der Waals surface area contributed by atoms with E-state index in [2.05, 4.69) is 61.7 Å². The van der Waals surface area contributed by atoms with Crippen LogP contribution in [0.4, 0.5) is 5.69 Å². The number of nitrogens with one attached hydrogen (secondary N) is 2. The van der Waals surface area contributed by atoms with Crippen LogP contribution in [0.15, 0.2) is 36.0 Å². The van der Waals surface area contributed by atoms with Gasteiger partial charge >= 0.3 is 0 Å². The summed E-state index contributed by atoms with van der Waals surface area (Å²) < 4.78 is 0. The number of para-hydroxylation sites is 1. The van der Waals surface area contributed by atoms with Crippen molar-refractivity contribution in [1.29, 1.82) is 0 Å². The van der Waals surface area contributed by atoms with E-state index in [1.807, 2.05) is 0 Å². The first-order valence-electron chi connectivity index (χ1n) is 12.2. The smallest absolute Gasteiger partial charge is 0.207 e. The van der Waals surface area contributed by atoms with E-state index in [0.717, 1.165) is 25.8 Å². The van der Waals surface area contributed by atoms with E-state index in [0.29, 0.717) is 11.3 Å². The van der Waals surface area contributed by atoms with Crippen LogP contribution in [0.3, 0.4) is 0 Å². The second-order valence-electron chi connectivity index (χ2n) is 9.90. The minimum atomic E-state index is 0.291. The molecule has 1 atom stereocenters. The van der Waals surface area contributed by atoms with Gasteiger partial charge in [0.2, 0.25) is 6.41 Å². The van der Waals surface area contributed by atoms with E-state index in [-0.39, 0.29) is 0 Å². The number of unbranched alkanes of at least 4 members (excludes halogenated alkanes) is 6. The number of hydrogen-bond donors (Lipinski definition) is 2. The van der Waals surface area contributed by atoms with Gasteiger partial charge in [0.25, 0.3) is 0 Å². The highest BCUT2D eigenvalue weighted by atomic mass is 16.1. The van der Waals surface area contributed by atoms with Crippen LogP contribution in [0.5, 0.6) is 0 Å². The maximum absolute atomic E-state index is 10.8. The molecule has 1 unspecified atom stereocenters. The number of rotatable bonds is 16. The topological polar surface area (TPSA) is 41.1 Å². The number of carbonyl (C=O) groups is 1. The van der Waals surface area contributed by atoms with Crippen LogP contribution in [0.2, 0.25) is 0 Å². The lowest BCUT2D eigenvalue weighted by Gasteiger charge is -2.29. The van der Waals surface area contributed by atoms with Gasteiger partial charge in [0.05, 0.1) is 0 Å². The SMILES string of the molecule is CCCCCCCCCC(CNC=O)CC(C)(C)CCC=C1Cc2ccccc2N1. The maximum atomic E-state index is 10.8. The number of hydrogen-bond acceptors (Lipinski definition) is 2. The average molecular weight is 413 g/mol. The molecule has 1 heterocycles. The van der Waals surface area contributed by atoms with Crippen LogP contribution in [-0.4, -0.2) is 13.0 Å². The fraction of sp³-hybridized carbons (Fsp3) is 0.667. The van der Waals surface area contributed by atoms with Gasteiger partial charge in [-0.15, -0.1) is 0 Å². The molecule has 0 aromatic heterocycles. The van der Waals surface area contributed by atoms with Gasteiger partial charge < -0.3 is 10.6 Å². The Balaban J connectivity index is 1.72. The lowest BCUT2D eigenvalue weighted by Crippen LogP contribution is -2.26. The van der Waals surface area contributed by atoms with Crippen molar-refractivity contribution in [3.05, 3.63) is 41.6 Å². The minimum absolute atomic E-state index is 0.291. The van der Waals surface area contributed by atoms with Crippen molar-refractivity contribution in [2.75, 3.05) is 11.9 Å². The molecular weight excluding hydrogens is 368 g/mol. The van der Waals surface area contributed by atoms with Crippen LogP contribution < -0.4 is 10.6 Å². The van der Waals surface area contributed by atoms with Crippen molar-refractivity contribution in [3.63, 3.8) is 0 Å². The summed E-state index contributed by atoms with van der Waals surface area (Å²) in [6.45, 7) is 7.87. The van der Waals surface area contributed by atoms with E-state index in [9.17, 15) is 4.79 Å². The summed E-state index contributed by atoms with van der Waals surface area (Å²) >= 11 is 0. The Morgan fingerprint density at radius 2 is 1.83 bits per heavy atom. The first-order valence-corrected chi connectivity index (χ1v) is 12.2. The highest BCUT2D eigenvalue weighted by Gasteiger charge is 2.23. The summed E-state index contributed by atoms with van der Waals surface area (Å²) in [5.41, 5.74) is 4.29. The van der Waals surface area contributed by atoms with E-state index >= 15 is 0 Å². The molecule has 0 spiro atoms. The molecule has 1 aliphatic rings. The third kappa shape index (κ3) is 9.36. The molecule has 1 aliphatic heterocycles. The van der Waals surface area contributed by atoms with Gasteiger partial charge in [-0.1, -0.05) is 90.0 Å². The molecule has 0 saturated heterocycles. The molecule has 0 aliphatic carbocycles. The van der Waals surface area contributed by atoms with Gasteiger partial charge in [-0.25, -0.2) is 0 Å². The zero-order chi connectivity index (χ0) is 21.7. The molecule has 0 saturated carbocycles. The predicted molar refractivity (Wildman–Crippen MR) is 130 cm³/mol. The lowest BCUT2D eigenvalue weighted by molar-refractivity contribution is -0.109. The first-order chi connectivity index (χ1) is 14.5. The normalized spacial score (nSPS) is 15.6. The zero-order valence-electron chi connectivity index (χ0n) is 19.6. The molecule has 0 fully saturated rings. The molecule has 1 amide bonds. The highest BCUT2D eigenvalue weighted by Crippen LogP contribution is 2.34. The van der Waals surface area contributed by atoms with Crippen molar-refractivity contribution < 1.29 is 4.79 Å².